The highest BCUT2D eigenvalue weighted by molar-refractivity contribution is 5.99. The number of hydrogen-bond donors (Lipinski definition) is 2. The van der Waals surface area contributed by atoms with Crippen LogP contribution in [0.2, 0.25) is 0 Å². The smallest absolute Gasteiger partial charge is 0.343 e. The summed E-state index contributed by atoms with van der Waals surface area (Å²) in [5, 5.41) is 4.79. The summed E-state index contributed by atoms with van der Waals surface area (Å²) >= 11 is 0. The fraction of sp³-hybridized carbons (Fsp3) is 0.133. The molecule has 0 aliphatic heterocycles. The van der Waals surface area contributed by atoms with E-state index >= 15 is 0 Å². The summed E-state index contributed by atoms with van der Waals surface area (Å²) in [6.07, 6.45) is -1.55. The second-order valence-electron chi connectivity index (χ2n) is 4.54. The predicted molar refractivity (Wildman–Crippen MR) is 76.6 cm³/mol. The van der Waals surface area contributed by atoms with Gasteiger partial charge in [0.05, 0.1) is 12.1 Å². The lowest BCUT2D eigenvalue weighted by Gasteiger charge is -2.09. The number of carbonyl (C=O) groups is 2. The first-order valence-corrected chi connectivity index (χ1v) is 6.51. The van der Waals surface area contributed by atoms with Crippen LogP contribution in [0.15, 0.2) is 48.8 Å². The van der Waals surface area contributed by atoms with E-state index in [1.807, 2.05) is 0 Å². The maximum absolute atomic E-state index is 12.4. The lowest BCUT2D eigenvalue weighted by molar-refractivity contribution is -0.137. The third-order valence-corrected chi connectivity index (χ3v) is 2.85. The molecule has 2 rings (SSSR count). The van der Waals surface area contributed by atoms with Gasteiger partial charge < -0.3 is 10.6 Å². The van der Waals surface area contributed by atoms with Gasteiger partial charge in [-0.1, -0.05) is 0 Å². The largest absolute Gasteiger partial charge is 0.416 e. The van der Waals surface area contributed by atoms with Crippen molar-refractivity contribution in [3.63, 3.8) is 0 Å². The van der Waals surface area contributed by atoms with Crippen LogP contribution in [0.5, 0.6) is 0 Å². The molecule has 1 aromatic heterocycles. The molecule has 2 aromatic rings. The summed E-state index contributed by atoms with van der Waals surface area (Å²) in [5.74, 6) is -0.998. The second kappa shape index (κ2) is 6.91. The standard InChI is InChI=1S/C15H12F3N3O2/c16-15(17,18)11-1-3-12(4-2-11)21-13(22)9-20-14(23)10-5-7-19-8-6-10/h1-8H,9H2,(H,20,23)(H,21,22). The maximum Gasteiger partial charge on any atom is 0.416 e. The number of nitrogens with one attached hydrogen (secondary N) is 2. The highest BCUT2D eigenvalue weighted by atomic mass is 19.4. The number of rotatable bonds is 4. The van der Waals surface area contributed by atoms with E-state index < -0.39 is 23.6 Å². The van der Waals surface area contributed by atoms with E-state index in [-0.39, 0.29) is 12.2 Å². The minimum atomic E-state index is -4.43. The van der Waals surface area contributed by atoms with Crippen molar-refractivity contribution < 1.29 is 22.8 Å². The molecule has 2 N–H and O–H groups in total. The van der Waals surface area contributed by atoms with Gasteiger partial charge in [-0.05, 0) is 36.4 Å². The minimum Gasteiger partial charge on any atom is -0.343 e. The number of halogens is 3. The van der Waals surface area contributed by atoms with E-state index in [2.05, 4.69) is 15.6 Å². The van der Waals surface area contributed by atoms with Crippen molar-refractivity contribution in [3.05, 3.63) is 59.9 Å². The molecular formula is C15H12F3N3O2. The Morgan fingerprint density at radius 2 is 1.61 bits per heavy atom. The molecule has 0 radical (unpaired) electrons. The molecule has 1 aromatic carbocycles. The van der Waals surface area contributed by atoms with Gasteiger partial charge >= 0.3 is 6.18 Å². The summed E-state index contributed by atoms with van der Waals surface area (Å²) in [6.45, 7) is -0.303. The van der Waals surface area contributed by atoms with E-state index in [1.54, 1.807) is 0 Å². The van der Waals surface area contributed by atoms with Crippen LogP contribution in [-0.2, 0) is 11.0 Å². The molecule has 120 valence electrons. The number of benzene rings is 1. The molecule has 0 fully saturated rings. The Kier molecular flexibility index (Phi) is 4.95. The van der Waals surface area contributed by atoms with Crippen LogP contribution in [0.1, 0.15) is 15.9 Å². The van der Waals surface area contributed by atoms with Crippen LogP contribution in [0, 0.1) is 0 Å². The Hall–Kier alpha value is -2.90. The Balaban J connectivity index is 1.86. The van der Waals surface area contributed by atoms with Crippen molar-refractivity contribution in [2.45, 2.75) is 6.18 Å². The quantitative estimate of drug-likeness (QED) is 0.908. The average Bonchev–Trinajstić information content (AvgIpc) is 2.53. The molecule has 8 heteroatoms. The highest BCUT2D eigenvalue weighted by Gasteiger charge is 2.29. The Labute approximate surface area is 129 Å². The summed E-state index contributed by atoms with van der Waals surface area (Å²) in [5.41, 5.74) is -0.245. The third-order valence-electron chi connectivity index (χ3n) is 2.85. The Morgan fingerprint density at radius 1 is 1.00 bits per heavy atom. The zero-order valence-corrected chi connectivity index (χ0v) is 11.7. The minimum absolute atomic E-state index is 0.209. The molecule has 0 spiro atoms. The molecule has 0 saturated carbocycles. The van der Waals surface area contributed by atoms with E-state index in [0.29, 0.717) is 5.56 Å². The van der Waals surface area contributed by atoms with Crippen molar-refractivity contribution in [1.29, 1.82) is 0 Å². The first-order chi connectivity index (χ1) is 10.9. The first-order valence-electron chi connectivity index (χ1n) is 6.51. The van der Waals surface area contributed by atoms with E-state index in [9.17, 15) is 22.8 Å². The molecule has 0 saturated heterocycles. The van der Waals surface area contributed by atoms with Crippen LogP contribution in [0.4, 0.5) is 18.9 Å². The monoisotopic (exact) mass is 323 g/mol. The normalized spacial score (nSPS) is 10.9. The second-order valence-corrected chi connectivity index (χ2v) is 4.54. The predicted octanol–water partition coefficient (Wildman–Crippen LogP) is 2.47. The SMILES string of the molecule is O=C(CNC(=O)c1ccncc1)Nc1ccc(C(F)(F)F)cc1. The molecule has 23 heavy (non-hydrogen) atoms. The van der Waals surface area contributed by atoms with Crippen LogP contribution in [0.3, 0.4) is 0 Å². The third kappa shape index (κ3) is 4.80. The molecular weight excluding hydrogens is 311 g/mol. The van der Waals surface area contributed by atoms with Gasteiger partial charge in [0.15, 0.2) is 0 Å². The summed E-state index contributed by atoms with van der Waals surface area (Å²) in [6, 6.07) is 7.00. The molecule has 0 atom stereocenters. The number of anilines is 1. The van der Waals surface area contributed by atoms with E-state index in [0.717, 1.165) is 24.3 Å². The Bertz CT molecular complexity index is 685. The molecule has 0 unspecified atom stereocenters. The van der Waals surface area contributed by atoms with Crippen LogP contribution in [0.25, 0.3) is 0 Å². The summed E-state index contributed by atoms with van der Waals surface area (Å²) in [7, 11) is 0. The van der Waals surface area contributed by atoms with E-state index in [1.165, 1.54) is 24.5 Å². The van der Waals surface area contributed by atoms with Gasteiger partial charge in [-0.25, -0.2) is 0 Å². The molecule has 5 nitrogen and oxygen atoms in total. The zero-order valence-electron chi connectivity index (χ0n) is 11.7. The fourth-order valence-corrected chi connectivity index (χ4v) is 1.71. The molecule has 0 aliphatic rings. The number of carbonyl (C=O) groups excluding carboxylic acids is 2. The summed E-state index contributed by atoms with van der Waals surface area (Å²) < 4.78 is 37.2. The molecule has 1 heterocycles. The maximum atomic E-state index is 12.4. The van der Waals surface area contributed by atoms with Crippen molar-refractivity contribution in [2.75, 3.05) is 11.9 Å². The summed E-state index contributed by atoms with van der Waals surface area (Å²) in [4.78, 5) is 27.1. The molecule has 2 amide bonds. The number of pyridine rings is 1. The van der Waals surface area contributed by atoms with Gasteiger partial charge in [0, 0.05) is 23.6 Å². The van der Waals surface area contributed by atoms with Crippen molar-refractivity contribution in [1.82, 2.24) is 10.3 Å². The zero-order chi connectivity index (χ0) is 16.9. The lowest BCUT2D eigenvalue weighted by Crippen LogP contribution is -2.32. The number of alkyl halides is 3. The van der Waals surface area contributed by atoms with Crippen molar-refractivity contribution in [3.8, 4) is 0 Å². The van der Waals surface area contributed by atoms with Gasteiger partial charge in [-0.3, -0.25) is 14.6 Å². The van der Waals surface area contributed by atoms with E-state index in [4.69, 9.17) is 0 Å². The number of nitrogens with zero attached hydrogens (tertiary/aromatic N) is 1. The van der Waals surface area contributed by atoms with Gasteiger partial charge in [0.25, 0.3) is 5.91 Å². The average molecular weight is 323 g/mol. The lowest BCUT2D eigenvalue weighted by atomic mass is 10.2. The fourth-order valence-electron chi connectivity index (χ4n) is 1.71. The topological polar surface area (TPSA) is 71.1 Å². The van der Waals surface area contributed by atoms with Crippen molar-refractivity contribution >= 4 is 17.5 Å². The van der Waals surface area contributed by atoms with Crippen LogP contribution >= 0.6 is 0 Å². The van der Waals surface area contributed by atoms with Crippen LogP contribution < -0.4 is 10.6 Å². The van der Waals surface area contributed by atoms with Crippen molar-refractivity contribution in [2.24, 2.45) is 0 Å². The number of amides is 2. The molecule has 0 aliphatic carbocycles. The van der Waals surface area contributed by atoms with Gasteiger partial charge in [0.1, 0.15) is 0 Å². The number of hydrogen-bond acceptors (Lipinski definition) is 3. The first kappa shape index (κ1) is 16.5. The van der Waals surface area contributed by atoms with Gasteiger partial charge in [-0.2, -0.15) is 13.2 Å². The Morgan fingerprint density at radius 3 is 2.17 bits per heavy atom. The molecule has 0 bridgehead atoms. The van der Waals surface area contributed by atoms with Crippen LogP contribution in [-0.4, -0.2) is 23.3 Å². The highest BCUT2D eigenvalue weighted by Crippen LogP contribution is 2.29. The van der Waals surface area contributed by atoms with Gasteiger partial charge in [0.2, 0.25) is 5.91 Å². The van der Waals surface area contributed by atoms with Gasteiger partial charge in [-0.15, -0.1) is 0 Å². The number of aromatic nitrogens is 1.